The van der Waals surface area contributed by atoms with Crippen molar-refractivity contribution < 1.29 is 23.1 Å². The quantitative estimate of drug-likeness (QED) is 0.475. The lowest BCUT2D eigenvalue weighted by atomic mass is 9.87. The second-order valence-electron chi connectivity index (χ2n) is 6.27. The second-order valence-corrected chi connectivity index (χ2v) is 8.22. The molecular formula is C19H13Cl2F3O2S. The molecule has 8 heteroatoms. The Morgan fingerprint density at radius 3 is 2.30 bits per heavy atom. The van der Waals surface area contributed by atoms with Crippen LogP contribution < -0.4 is 0 Å². The molecule has 0 aliphatic rings. The zero-order valence-corrected chi connectivity index (χ0v) is 16.2. The van der Waals surface area contributed by atoms with E-state index in [0.717, 1.165) is 39.1 Å². The molecule has 0 saturated heterocycles. The van der Waals surface area contributed by atoms with E-state index in [0.29, 0.717) is 0 Å². The fraction of sp³-hybridized carbons (Fsp3) is 0.211. The molecule has 2 aromatic carbocycles. The first-order valence-electron chi connectivity index (χ1n) is 7.79. The maximum atomic E-state index is 13.7. The van der Waals surface area contributed by atoms with Crippen molar-refractivity contribution in [1.82, 2.24) is 0 Å². The highest BCUT2D eigenvalue weighted by Crippen LogP contribution is 2.44. The average Bonchev–Trinajstić information content (AvgIpc) is 2.96. The van der Waals surface area contributed by atoms with Gasteiger partial charge in [0.15, 0.2) is 11.4 Å². The molecule has 0 bridgehead atoms. The summed E-state index contributed by atoms with van der Waals surface area (Å²) in [5.41, 5.74) is -3.00. The molecule has 0 aliphatic heterocycles. The van der Waals surface area contributed by atoms with Crippen LogP contribution in [0.25, 0.3) is 10.1 Å². The third-order valence-corrected chi connectivity index (χ3v) is 5.77. The molecule has 1 atom stereocenters. The molecule has 27 heavy (non-hydrogen) atoms. The first-order chi connectivity index (χ1) is 12.5. The van der Waals surface area contributed by atoms with Crippen molar-refractivity contribution in [2.24, 2.45) is 0 Å². The standard InChI is InChI=1S/C19H13Cl2F3O2S/c1-10-2-3-16-11(4-10)5-17(27-16)15(25)9-18(26,19(22,23)24)12-6-13(20)8-14(21)7-12/h2-8,26H,9H2,1H3. The van der Waals surface area contributed by atoms with Crippen molar-refractivity contribution in [3.63, 3.8) is 0 Å². The fourth-order valence-corrected chi connectivity index (χ4v) is 4.28. The van der Waals surface area contributed by atoms with Crippen LogP contribution in [0.4, 0.5) is 13.2 Å². The van der Waals surface area contributed by atoms with Crippen LogP contribution in [0, 0.1) is 6.92 Å². The topological polar surface area (TPSA) is 37.3 Å². The van der Waals surface area contributed by atoms with E-state index in [1.54, 1.807) is 6.07 Å². The number of alkyl halides is 3. The van der Waals surface area contributed by atoms with Crippen LogP contribution in [-0.2, 0) is 5.60 Å². The van der Waals surface area contributed by atoms with Crippen LogP contribution >= 0.6 is 34.5 Å². The number of fused-ring (bicyclic) bond motifs is 1. The number of hydrogen-bond donors (Lipinski definition) is 1. The SMILES string of the molecule is Cc1ccc2sc(C(=O)CC(O)(c3cc(Cl)cc(Cl)c3)C(F)(F)F)cc2c1. The number of Topliss-reactive ketones (excluding diaryl/α,β-unsaturated/α-hetero) is 1. The van der Waals surface area contributed by atoms with Crippen molar-refractivity contribution in [3.05, 3.63) is 68.5 Å². The van der Waals surface area contributed by atoms with E-state index in [1.165, 1.54) is 12.1 Å². The predicted octanol–water partition coefficient (Wildman–Crippen LogP) is 6.54. The number of halogens is 5. The molecular weight excluding hydrogens is 420 g/mol. The third-order valence-electron chi connectivity index (χ3n) is 4.17. The predicted molar refractivity (Wildman–Crippen MR) is 102 cm³/mol. The van der Waals surface area contributed by atoms with Gasteiger partial charge in [-0.05, 0) is 48.2 Å². The number of carbonyl (C=O) groups excluding carboxylic acids is 1. The Labute approximate surface area is 167 Å². The van der Waals surface area contributed by atoms with Gasteiger partial charge in [-0.3, -0.25) is 4.79 Å². The molecule has 0 aliphatic carbocycles. The lowest BCUT2D eigenvalue weighted by Gasteiger charge is -2.30. The maximum Gasteiger partial charge on any atom is 0.421 e. The highest BCUT2D eigenvalue weighted by molar-refractivity contribution is 7.20. The zero-order chi connectivity index (χ0) is 20.0. The van der Waals surface area contributed by atoms with Crippen molar-refractivity contribution in [2.45, 2.75) is 25.1 Å². The fourth-order valence-electron chi connectivity index (χ4n) is 2.78. The molecule has 0 fully saturated rings. The summed E-state index contributed by atoms with van der Waals surface area (Å²) in [5.74, 6) is -0.815. The summed E-state index contributed by atoms with van der Waals surface area (Å²) < 4.78 is 41.9. The summed E-state index contributed by atoms with van der Waals surface area (Å²) in [6, 6.07) is 10.2. The van der Waals surface area contributed by atoms with Crippen LogP contribution in [0.1, 0.15) is 27.2 Å². The van der Waals surface area contributed by atoms with Crippen LogP contribution in [0.5, 0.6) is 0 Å². The molecule has 3 aromatic rings. The van der Waals surface area contributed by atoms with Gasteiger partial charge in [0, 0.05) is 14.7 Å². The van der Waals surface area contributed by atoms with Crippen molar-refractivity contribution >= 4 is 50.4 Å². The van der Waals surface area contributed by atoms with E-state index in [2.05, 4.69) is 0 Å². The number of carbonyl (C=O) groups is 1. The molecule has 142 valence electrons. The Morgan fingerprint density at radius 1 is 1.07 bits per heavy atom. The highest BCUT2D eigenvalue weighted by Gasteiger charge is 2.56. The zero-order valence-electron chi connectivity index (χ0n) is 13.9. The molecule has 0 radical (unpaired) electrons. The van der Waals surface area contributed by atoms with Gasteiger partial charge in [-0.2, -0.15) is 13.2 Å². The van der Waals surface area contributed by atoms with Crippen molar-refractivity contribution in [3.8, 4) is 0 Å². The van der Waals surface area contributed by atoms with Gasteiger partial charge in [-0.15, -0.1) is 11.3 Å². The van der Waals surface area contributed by atoms with Gasteiger partial charge in [0.2, 0.25) is 0 Å². The van der Waals surface area contributed by atoms with Gasteiger partial charge < -0.3 is 5.11 Å². The Bertz CT molecular complexity index is 1010. The Kier molecular flexibility index (Phi) is 5.29. The largest absolute Gasteiger partial charge is 0.421 e. The van der Waals surface area contributed by atoms with Crippen LogP contribution in [0.3, 0.4) is 0 Å². The van der Waals surface area contributed by atoms with Gasteiger partial charge in [0.05, 0.1) is 11.3 Å². The summed E-state index contributed by atoms with van der Waals surface area (Å²) in [7, 11) is 0. The highest BCUT2D eigenvalue weighted by atomic mass is 35.5. The van der Waals surface area contributed by atoms with E-state index in [-0.39, 0.29) is 14.9 Å². The number of aliphatic hydroxyl groups is 1. The summed E-state index contributed by atoms with van der Waals surface area (Å²) in [6.45, 7) is 1.88. The van der Waals surface area contributed by atoms with E-state index >= 15 is 0 Å². The molecule has 1 N–H and O–H groups in total. The van der Waals surface area contributed by atoms with E-state index in [4.69, 9.17) is 23.2 Å². The van der Waals surface area contributed by atoms with Crippen LogP contribution in [0.15, 0.2) is 42.5 Å². The molecule has 0 amide bonds. The second kappa shape index (κ2) is 7.09. The molecule has 0 saturated carbocycles. The molecule has 0 spiro atoms. The minimum Gasteiger partial charge on any atom is -0.376 e. The molecule has 3 rings (SSSR count). The van der Waals surface area contributed by atoms with Crippen molar-refractivity contribution in [2.75, 3.05) is 0 Å². The lowest BCUT2D eigenvalue weighted by molar-refractivity contribution is -0.264. The summed E-state index contributed by atoms with van der Waals surface area (Å²) in [5, 5.41) is 11.1. The van der Waals surface area contributed by atoms with E-state index < -0.39 is 29.5 Å². The van der Waals surface area contributed by atoms with E-state index in [1.807, 2.05) is 19.1 Å². The van der Waals surface area contributed by atoms with Gasteiger partial charge >= 0.3 is 6.18 Å². The monoisotopic (exact) mass is 432 g/mol. The minimum atomic E-state index is -5.09. The molecule has 1 unspecified atom stereocenters. The molecule has 2 nitrogen and oxygen atoms in total. The number of benzene rings is 2. The Morgan fingerprint density at radius 2 is 1.70 bits per heavy atom. The average molecular weight is 433 g/mol. The maximum absolute atomic E-state index is 13.7. The minimum absolute atomic E-state index is 0.0649. The molecule has 1 aromatic heterocycles. The normalized spacial score (nSPS) is 14.3. The van der Waals surface area contributed by atoms with Crippen LogP contribution in [-0.4, -0.2) is 17.1 Å². The Balaban J connectivity index is 2.02. The van der Waals surface area contributed by atoms with Gasteiger partial charge in [-0.1, -0.05) is 40.9 Å². The van der Waals surface area contributed by atoms with Gasteiger partial charge in [-0.25, -0.2) is 0 Å². The summed E-state index contributed by atoms with van der Waals surface area (Å²) >= 11 is 12.7. The summed E-state index contributed by atoms with van der Waals surface area (Å²) in [6.07, 6.45) is -6.26. The first kappa shape index (κ1) is 20.1. The van der Waals surface area contributed by atoms with Crippen LogP contribution in [0.2, 0.25) is 10.0 Å². The number of aryl methyl sites for hydroxylation is 1. The number of hydrogen-bond acceptors (Lipinski definition) is 3. The number of rotatable bonds is 4. The lowest BCUT2D eigenvalue weighted by Crippen LogP contribution is -2.44. The van der Waals surface area contributed by atoms with Gasteiger partial charge in [0.1, 0.15) is 0 Å². The van der Waals surface area contributed by atoms with E-state index in [9.17, 15) is 23.1 Å². The third kappa shape index (κ3) is 3.99. The first-order valence-corrected chi connectivity index (χ1v) is 9.36. The number of thiophene rings is 1. The molecule has 1 heterocycles. The summed E-state index contributed by atoms with van der Waals surface area (Å²) in [4.78, 5) is 12.7. The Hall–Kier alpha value is -1.60. The van der Waals surface area contributed by atoms with Crippen molar-refractivity contribution in [1.29, 1.82) is 0 Å². The number of ketones is 1. The van der Waals surface area contributed by atoms with Gasteiger partial charge in [0.25, 0.3) is 0 Å². The smallest absolute Gasteiger partial charge is 0.376 e.